The zero-order chi connectivity index (χ0) is 15.7. The second kappa shape index (κ2) is 6.18. The molecule has 0 aromatic heterocycles. The summed E-state index contributed by atoms with van der Waals surface area (Å²) in [5.41, 5.74) is 4.02. The van der Waals surface area contributed by atoms with Crippen LogP contribution in [0.15, 0.2) is 18.2 Å². The lowest BCUT2D eigenvalue weighted by atomic mass is 10.1. The molecule has 0 atom stereocenters. The number of sulfonamides is 1. The maximum Gasteiger partial charge on any atom is 0.216 e. The molecular formula is C16H25N3O2S. The van der Waals surface area contributed by atoms with Gasteiger partial charge in [0.25, 0.3) is 0 Å². The van der Waals surface area contributed by atoms with Gasteiger partial charge in [-0.25, -0.2) is 8.42 Å². The average Bonchev–Trinajstić information content (AvgIpc) is 2.97. The van der Waals surface area contributed by atoms with Crippen LogP contribution >= 0.6 is 0 Å². The molecular weight excluding hydrogens is 298 g/mol. The van der Waals surface area contributed by atoms with Gasteiger partial charge in [-0.2, -0.15) is 4.31 Å². The molecule has 1 saturated heterocycles. The molecule has 0 radical (unpaired) electrons. The van der Waals surface area contributed by atoms with Crippen molar-refractivity contribution in [3.63, 3.8) is 0 Å². The Morgan fingerprint density at radius 1 is 1.18 bits per heavy atom. The molecule has 2 aliphatic heterocycles. The van der Waals surface area contributed by atoms with Crippen molar-refractivity contribution in [3.8, 4) is 0 Å². The van der Waals surface area contributed by atoms with Gasteiger partial charge in [0.1, 0.15) is 0 Å². The number of para-hydroxylation sites is 1. The van der Waals surface area contributed by atoms with E-state index in [-0.39, 0.29) is 5.25 Å². The lowest BCUT2D eigenvalue weighted by Crippen LogP contribution is -2.50. The lowest BCUT2D eigenvalue weighted by molar-refractivity contribution is 0.181. The molecule has 0 unspecified atom stereocenters. The minimum atomic E-state index is -3.11. The maximum atomic E-state index is 12.2. The van der Waals surface area contributed by atoms with E-state index in [4.69, 9.17) is 0 Å². The molecule has 1 aromatic rings. The van der Waals surface area contributed by atoms with E-state index in [0.717, 1.165) is 32.6 Å². The van der Waals surface area contributed by atoms with Gasteiger partial charge < -0.3 is 5.32 Å². The number of hydrogen-bond acceptors (Lipinski definition) is 4. The van der Waals surface area contributed by atoms with Crippen LogP contribution in [0.5, 0.6) is 0 Å². The second-order valence-corrected chi connectivity index (χ2v) is 8.89. The summed E-state index contributed by atoms with van der Waals surface area (Å²) in [4.78, 5) is 2.35. The monoisotopic (exact) mass is 323 g/mol. The van der Waals surface area contributed by atoms with E-state index in [1.165, 1.54) is 16.8 Å². The SMILES string of the molecule is CC(C)S(=O)(=O)N1CCN(Cc2cccc3c2NCC3)CC1. The van der Waals surface area contributed by atoms with Gasteiger partial charge in [-0.1, -0.05) is 18.2 Å². The number of hydrogen-bond donors (Lipinski definition) is 1. The molecule has 122 valence electrons. The summed E-state index contributed by atoms with van der Waals surface area (Å²) in [7, 11) is -3.11. The van der Waals surface area contributed by atoms with Crippen LogP contribution in [0.2, 0.25) is 0 Å². The summed E-state index contributed by atoms with van der Waals surface area (Å²) in [5.74, 6) is 0. The van der Waals surface area contributed by atoms with Gasteiger partial charge in [0.05, 0.1) is 5.25 Å². The lowest BCUT2D eigenvalue weighted by Gasteiger charge is -2.35. The third-order valence-electron chi connectivity index (χ3n) is 4.61. The van der Waals surface area contributed by atoms with Crippen LogP contribution < -0.4 is 5.32 Å². The highest BCUT2D eigenvalue weighted by Gasteiger charge is 2.29. The van der Waals surface area contributed by atoms with Crippen LogP contribution in [0.4, 0.5) is 5.69 Å². The molecule has 1 aromatic carbocycles. The van der Waals surface area contributed by atoms with E-state index >= 15 is 0 Å². The van der Waals surface area contributed by atoms with Crippen molar-refractivity contribution >= 4 is 15.7 Å². The molecule has 5 nitrogen and oxygen atoms in total. The number of benzene rings is 1. The summed E-state index contributed by atoms with van der Waals surface area (Å²) in [5, 5.41) is 3.14. The number of fused-ring (bicyclic) bond motifs is 1. The largest absolute Gasteiger partial charge is 0.384 e. The number of anilines is 1. The maximum absolute atomic E-state index is 12.2. The molecule has 1 N–H and O–H groups in total. The van der Waals surface area contributed by atoms with E-state index in [2.05, 4.69) is 28.4 Å². The van der Waals surface area contributed by atoms with Crippen molar-refractivity contribution in [3.05, 3.63) is 29.3 Å². The van der Waals surface area contributed by atoms with Crippen LogP contribution in [0.3, 0.4) is 0 Å². The number of rotatable bonds is 4. The van der Waals surface area contributed by atoms with Gasteiger partial charge >= 0.3 is 0 Å². The zero-order valence-corrected chi connectivity index (χ0v) is 14.2. The Kier molecular flexibility index (Phi) is 4.43. The molecule has 22 heavy (non-hydrogen) atoms. The fraction of sp³-hybridized carbons (Fsp3) is 0.625. The topological polar surface area (TPSA) is 52.7 Å². The van der Waals surface area contributed by atoms with Crippen LogP contribution in [0.1, 0.15) is 25.0 Å². The summed E-state index contributed by atoms with van der Waals surface area (Å²) in [6, 6.07) is 6.49. The van der Waals surface area contributed by atoms with Gasteiger partial charge in [-0.3, -0.25) is 4.90 Å². The molecule has 3 rings (SSSR count). The first-order valence-corrected chi connectivity index (χ1v) is 9.55. The fourth-order valence-electron chi connectivity index (χ4n) is 3.22. The standard InChI is InChI=1S/C16H25N3O2S/c1-13(2)22(20,21)19-10-8-18(9-11-19)12-15-5-3-4-14-6-7-17-16(14)15/h3-5,13,17H,6-12H2,1-2H3. The predicted molar refractivity (Wildman–Crippen MR) is 89.5 cm³/mol. The van der Waals surface area contributed by atoms with Gasteiger partial charge in [-0.05, 0) is 31.4 Å². The van der Waals surface area contributed by atoms with E-state index in [9.17, 15) is 8.42 Å². The summed E-state index contributed by atoms with van der Waals surface area (Å²) in [6.07, 6.45) is 1.10. The predicted octanol–water partition coefficient (Wildman–Crippen LogP) is 1.51. The number of nitrogens with one attached hydrogen (secondary N) is 1. The molecule has 0 bridgehead atoms. The van der Waals surface area contributed by atoms with E-state index in [1.807, 2.05) is 0 Å². The molecule has 1 fully saturated rings. The second-order valence-electron chi connectivity index (χ2n) is 6.40. The van der Waals surface area contributed by atoms with Crippen molar-refractivity contribution in [2.45, 2.75) is 32.1 Å². The Balaban J connectivity index is 1.63. The average molecular weight is 323 g/mol. The highest BCUT2D eigenvalue weighted by atomic mass is 32.2. The Bertz CT molecular complexity index is 635. The van der Waals surface area contributed by atoms with Gasteiger partial charge in [-0.15, -0.1) is 0 Å². The Morgan fingerprint density at radius 2 is 1.91 bits per heavy atom. The van der Waals surface area contributed by atoms with Crippen molar-refractivity contribution in [1.82, 2.24) is 9.21 Å². The minimum absolute atomic E-state index is 0.333. The van der Waals surface area contributed by atoms with Crippen molar-refractivity contribution in [2.75, 3.05) is 38.0 Å². The summed E-state index contributed by atoms with van der Waals surface area (Å²) >= 11 is 0. The van der Waals surface area contributed by atoms with Gasteiger partial charge in [0, 0.05) is 45.0 Å². The van der Waals surface area contributed by atoms with E-state index in [1.54, 1.807) is 18.2 Å². The van der Waals surface area contributed by atoms with Crippen LogP contribution in [-0.4, -0.2) is 55.6 Å². The fourth-order valence-corrected chi connectivity index (χ4v) is 4.49. The van der Waals surface area contributed by atoms with E-state index < -0.39 is 10.0 Å². The molecule has 0 aliphatic carbocycles. The first kappa shape index (κ1) is 15.8. The molecule has 6 heteroatoms. The first-order chi connectivity index (χ1) is 10.5. The molecule has 0 spiro atoms. The molecule has 2 aliphatic rings. The number of nitrogens with zero attached hydrogens (tertiary/aromatic N) is 2. The van der Waals surface area contributed by atoms with Gasteiger partial charge in [0.2, 0.25) is 10.0 Å². The zero-order valence-electron chi connectivity index (χ0n) is 13.4. The molecule has 0 amide bonds. The van der Waals surface area contributed by atoms with Crippen molar-refractivity contribution < 1.29 is 8.42 Å². The van der Waals surface area contributed by atoms with Crippen molar-refractivity contribution in [2.24, 2.45) is 0 Å². The van der Waals surface area contributed by atoms with Crippen LogP contribution in [0, 0.1) is 0 Å². The Labute approximate surface area is 133 Å². The molecule has 0 saturated carbocycles. The normalized spacial score (nSPS) is 20.1. The Hall–Kier alpha value is -1.11. The minimum Gasteiger partial charge on any atom is -0.384 e. The van der Waals surface area contributed by atoms with Crippen molar-refractivity contribution in [1.29, 1.82) is 0 Å². The van der Waals surface area contributed by atoms with E-state index in [0.29, 0.717) is 13.1 Å². The van der Waals surface area contributed by atoms with Crippen LogP contribution in [0.25, 0.3) is 0 Å². The molecule has 2 heterocycles. The summed E-state index contributed by atoms with van der Waals surface area (Å²) in [6.45, 7) is 8.22. The highest BCUT2D eigenvalue weighted by molar-refractivity contribution is 7.89. The third kappa shape index (κ3) is 3.00. The van der Waals surface area contributed by atoms with Gasteiger partial charge in [0.15, 0.2) is 0 Å². The quantitative estimate of drug-likeness (QED) is 0.912. The number of piperazine rings is 1. The summed E-state index contributed by atoms with van der Waals surface area (Å²) < 4.78 is 26.0. The Morgan fingerprint density at radius 3 is 2.59 bits per heavy atom. The third-order valence-corrected chi connectivity index (χ3v) is 6.89. The van der Waals surface area contributed by atoms with Crippen LogP contribution in [-0.2, 0) is 23.0 Å². The highest BCUT2D eigenvalue weighted by Crippen LogP contribution is 2.27. The first-order valence-electron chi connectivity index (χ1n) is 8.04. The smallest absolute Gasteiger partial charge is 0.216 e.